The van der Waals surface area contributed by atoms with E-state index in [9.17, 15) is 9.59 Å². The minimum Gasteiger partial charge on any atom is -0.444 e. The number of likely N-dealkylation sites (tertiary alicyclic amines) is 1. The van der Waals surface area contributed by atoms with E-state index < -0.39 is 11.1 Å². The molecule has 0 saturated carbocycles. The van der Waals surface area contributed by atoms with Gasteiger partial charge in [0.25, 0.3) is 0 Å². The SMILES string of the molecule is CC(C)(C)OC(=O)N1CCC2(C1)Nc1ccccc1C2=O. The molecule has 5 nitrogen and oxygen atoms in total. The number of Topliss-reactive ketones (excluding diaryl/α,β-unsaturated/α-hetero) is 1. The van der Waals surface area contributed by atoms with Crippen LogP contribution in [0.5, 0.6) is 0 Å². The molecule has 21 heavy (non-hydrogen) atoms. The first kappa shape index (κ1) is 13.9. The van der Waals surface area contributed by atoms with E-state index in [1.54, 1.807) is 4.90 Å². The lowest BCUT2D eigenvalue weighted by Crippen LogP contribution is -2.46. The molecule has 1 atom stereocenters. The van der Waals surface area contributed by atoms with Gasteiger partial charge in [-0.15, -0.1) is 0 Å². The number of hydrogen-bond acceptors (Lipinski definition) is 4. The summed E-state index contributed by atoms with van der Waals surface area (Å²) in [6, 6.07) is 7.49. The summed E-state index contributed by atoms with van der Waals surface area (Å²) in [4.78, 5) is 26.4. The summed E-state index contributed by atoms with van der Waals surface area (Å²) in [6.45, 7) is 6.40. The normalized spacial score (nSPS) is 24.1. The average Bonchev–Trinajstić information content (AvgIpc) is 2.93. The van der Waals surface area contributed by atoms with E-state index in [0.29, 0.717) is 25.1 Å². The number of nitrogens with zero attached hydrogens (tertiary/aromatic N) is 1. The first-order chi connectivity index (χ1) is 9.81. The minimum atomic E-state index is -0.680. The number of nitrogens with one attached hydrogen (secondary N) is 1. The smallest absolute Gasteiger partial charge is 0.410 e. The van der Waals surface area contributed by atoms with Crippen LogP contribution in [-0.2, 0) is 4.74 Å². The van der Waals surface area contributed by atoms with Crippen LogP contribution >= 0.6 is 0 Å². The molecule has 1 aromatic rings. The second-order valence-corrected chi connectivity index (χ2v) is 6.73. The lowest BCUT2D eigenvalue weighted by atomic mass is 9.93. The Morgan fingerprint density at radius 1 is 1.33 bits per heavy atom. The molecule has 1 spiro atoms. The maximum absolute atomic E-state index is 12.6. The molecule has 1 N–H and O–H groups in total. The van der Waals surface area contributed by atoms with Crippen molar-refractivity contribution in [3.05, 3.63) is 29.8 Å². The Labute approximate surface area is 124 Å². The molecule has 1 saturated heterocycles. The fourth-order valence-corrected chi connectivity index (χ4v) is 2.94. The Morgan fingerprint density at radius 2 is 2.05 bits per heavy atom. The van der Waals surface area contributed by atoms with E-state index in [1.807, 2.05) is 45.0 Å². The van der Waals surface area contributed by atoms with E-state index in [0.717, 1.165) is 5.69 Å². The first-order valence-electron chi connectivity index (χ1n) is 7.21. The average molecular weight is 288 g/mol. The Bertz CT molecular complexity index is 606. The maximum Gasteiger partial charge on any atom is 0.410 e. The topological polar surface area (TPSA) is 58.6 Å². The first-order valence-corrected chi connectivity index (χ1v) is 7.21. The van der Waals surface area contributed by atoms with Gasteiger partial charge in [-0.2, -0.15) is 0 Å². The van der Waals surface area contributed by atoms with Crippen LogP contribution in [0.2, 0.25) is 0 Å². The second kappa shape index (κ2) is 4.48. The van der Waals surface area contributed by atoms with E-state index in [4.69, 9.17) is 4.74 Å². The summed E-state index contributed by atoms with van der Waals surface area (Å²) in [7, 11) is 0. The molecule has 5 heteroatoms. The van der Waals surface area contributed by atoms with Crippen LogP contribution in [0.15, 0.2) is 24.3 Å². The molecular weight excluding hydrogens is 268 g/mol. The van der Waals surface area contributed by atoms with Crippen molar-refractivity contribution in [2.45, 2.75) is 38.3 Å². The van der Waals surface area contributed by atoms with Crippen LogP contribution in [0.25, 0.3) is 0 Å². The number of hydrogen-bond donors (Lipinski definition) is 1. The van der Waals surface area contributed by atoms with Gasteiger partial charge >= 0.3 is 6.09 Å². The number of ketones is 1. The summed E-state index contributed by atoms with van der Waals surface area (Å²) in [5.74, 6) is 0.0733. The molecule has 0 aromatic heterocycles. The lowest BCUT2D eigenvalue weighted by molar-refractivity contribution is 0.0288. The predicted molar refractivity (Wildman–Crippen MR) is 79.6 cm³/mol. The van der Waals surface area contributed by atoms with E-state index in [-0.39, 0.29) is 11.9 Å². The Hall–Kier alpha value is -2.04. The monoisotopic (exact) mass is 288 g/mol. The van der Waals surface area contributed by atoms with Gasteiger partial charge in [0.05, 0.1) is 6.54 Å². The molecule has 0 radical (unpaired) electrons. The van der Waals surface area contributed by atoms with Crippen molar-refractivity contribution in [2.75, 3.05) is 18.4 Å². The molecule has 0 aliphatic carbocycles. The van der Waals surface area contributed by atoms with E-state index in [1.165, 1.54) is 0 Å². The molecule has 1 unspecified atom stereocenters. The fourth-order valence-electron chi connectivity index (χ4n) is 2.94. The van der Waals surface area contributed by atoms with Crippen molar-refractivity contribution >= 4 is 17.6 Å². The van der Waals surface area contributed by atoms with Gasteiger partial charge in [-0.05, 0) is 39.3 Å². The zero-order chi connectivity index (χ0) is 15.3. The second-order valence-electron chi connectivity index (χ2n) is 6.73. The number of rotatable bonds is 0. The fraction of sp³-hybridized carbons (Fsp3) is 0.500. The zero-order valence-electron chi connectivity index (χ0n) is 12.6. The predicted octanol–water partition coefficient (Wildman–Crippen LogP) is 2.67. The van der Waals surface area contributed by atoms with E-state index >= 15 is 0 Å². The molecule has 1 amide bonds. The van der Waals surface area contributed by atoms with Gasteiger partial charge < -0.3 is 15.0 Å². The molecule has 112 valence electrons. The highest BCUT2D eigenvalue weighted by Crippen LogP contribution is 2.38. The highest BCUT2D eigenvalue weighted by Gasteiger charge is 2.51. The van der Waals surface area contributed by atoms with Crippen LogP contribution in [0.4, 0.5) is 10.5 Å². The quantitative estimate of drug-likeness (QED) is 0.797. The number of anilines is 1. The summed E-state index contributed by atoms with van der Waals surface area (Å²) >= 11 is 0. The molecule has 2 heterocycles. The number of amides is 1. The van der Waals surface area contributed by atoms with Crippen LogP contribution in [-0.4, -0.2) is 41.0 Å². The molecule has 1 aromatic carbocycles. The van der Waals surface area contributed by atoms with Gasteiger partial charge in [-0.3, -0.25) is 4.79 Å². The largest absolute Gasteiger partial charge is 0.444 e. The standard InChI is InChI=1S/C16H20N2O3/c1-15(2,3)21-14(20)18-9-8-16(10-18)13(19)11-6-4-5-7-12(11)17-16/h4-7,17H,8-10H2,1-3H3. The van der Waals surface area contributed by atoms with Crippen molar-refractivity contribution in [3.8, 4) is 0 Å². The molecule has 1 fully saturated rings. The van der Waals surface area contributed by atoms with Crippen LogP contribution in [0.1, 0.15) is 37.6 Å². The van der Waals surface area contributed by atoms with Gasteiger partial charge in [0, 0.05) is 17.8 Å². The molecule has 2 aliphatic rings. The molecular formula is C16H20N2O3. The summed E-state index contributed by atoms with van der Waals surface area (Å²) < 4.78 is 5.38. The van der Waals surface area contributed by atoms with Crippen molar-refractivity contribution in [1.82, 2.24) is 4.90 Å². The molecule has 2 aliphatic heterocycles. The molecule has 0 bridgehead atoms. The lowest BCUT2D eigenvalue weighted by Gasteiger charge is -2.26. The number of ether oxygens (including phenoxy) is 1. The number of benzene rings is 1. The minimum absolute atomic E-state index is 0.0733. The van der Waals surface area contributed by atoms with Crippen molar-refractivity contribution in [2.24, 2.45) is 0 Å². The third-order valence-corrected chi connectivity index (χ3v) is 3.90. The van der Waals surface area contributed by atoms with Crippen LogP contribution in [0.3, 0.4) is 0 Å². The van der Waals surface area contributed by atoms with Crippen LogP contribution < -0.4 is 5.32 Å². The van der Waals surface area contributed by atoms with Crippen molar-refractivity contribution in [1.29, 1.82) is 0 Å². The third-order valence-electron chi connectivity index (χ3n) is 3.90. The van der Waals surface area contributed by atoms with Gasteiger partial charge in [0.2, 0.25) is 0 Å². The summed E-state index contributed by atoms with van der Waals surface area (Å²) in [6.07, 6.45) is 0.254. The number of carbonyl (C=O) groups excluding carboxylic acids is 2. The Morgan fingerprint density at radius 3 is 2.71 bits per heavy atom. The van der Waals surface area contributed by atoms with E-state index in [2.05, 4.69) is 5.32 Å². The van der Waals surface area contributed by atoms with Gasteiger partial charge in [0.15, 0.2) is 5.78 Å². The highest BCUT2D eigenvalue weighted by atomic mass is 16.6. The third kappa shape index (κ3) is 2.37. The molecule has 3 rings (SSSR count). The number of para-hydroxylation sites is 1. The van der Waals surface area contributed by atoms with Crippen molar-refractivity contribution in [3.63, 3.8) is 0 Å². The highest BCUT2D eigenvalue weighted by molar-refractivity contribution is 6.14. The summed E-state index contributed by atoms with van der Waals surface area (Å²) in [5.41, 5.74) is 0.362. The summed E-state index contributed by atoms with van der Waals surface area (Å²) in [5, 5.41) is 3.31. The van der Waals surface area contributed by atoms with Crippen molar-refractivity contribution < 1.29 is 14.3 Å². The Balaban J connectivity index is 1.76. The van der Waals surface area contributed by atoms with Gasteiger partial charge in [-0.1, -0.05) is 12.1 Å². The number of carbonyl (C=O) groups is 2. The maximum atomic E-state index is 12.6. The van der Waals surface area contributed by atoms with Gasteiger partial charge in [-0.25, -0.2) is 4.79 Å². The van der Waals surface area contributed by atoms with Gasteiger partial charge in [0.1, 0.15) is 11.1 Å². The number of fused-ring (bicyclic) bond motifs is 1. The van der Waals surface area contributed by atoms with Crippen LogP contribution in [0, 0.1) is 0 Å². The Kier molecular flexibility index (Phi) is 2.97. The zero-order valence-corrected chi connectivity index (χ0v) is 12.6.